The summed E-state index contributed by atoms with van der Waals surface area (Å²) in [6, 6.07) is 9.22. The number of carbonyl (C=O) groups excluding carboxylic acids is 1. The van der Waals surface area contributed by atoms with Gasteiger partial charge in [-0.05, 0) is 59.5 Å². The summed E-state index contributed by atoms with van der Waals surface area (Å²) in [4.78, 5) is 12.8. The predicted octanol–water partition coefficient (Wildman–Crippen LogP) is 5.52. The van der Waals surface area contributed by atoms with Crippen LogP contribution in [0.4, 0.5) is 11.4 Å². The molecule has 0 bridgehead atoms. The summed E-state index contributed by atoms with van der Waals surface area (Å²) < 4.78 is 5.38. The standard InChI is InChI=1S/C17H17N3OS.C5H4OS.2H2/c1-21-17-12(19)4-3-11(18)15(17)16(20)14-7-10-9-6-8(9)2-5-13(10)22-14;6-4-5-2-1-3-7-5;;/h2-5,7-9,20H,6,18-19H2,1H3;1-4H;2*1H. The first-order chi connectivity index (χ1) is 14.0. The molecule has 1 aromatic carbocycles. The Morgan fingerprint density at radius 1 is 1.31 bits per heavy atom. The lowest BCUT2D eigenvalue weighted by atomic mass is 10.0. The van der Waals surface area contributed by atoms with Crippen LogP contribution in [0.5, 0.6) is 5.75 Å². The maximum Gasteiger partial charge on any atom is 0.159 e. The van der Waals surface area contributed by atoms with Crippen LogP contribution in [0, 0.1) is 11.3 Å². The van der Waals surface area contributed by atoms with Gasteiger partial charge in [0.2, 0.25) is 0 Å². The lowest BCUT2D eigenvalue weighted by Gasteiger charge is -2.13. The Morgan fingerprint density at radius 2 is 2.10 bits per heavy atom. The average molecular weight is 428 g/mol. The van der Waals surface area contributed by atoms with E-state index in [0.29, 0.717) is 40.2 Å². The number of nitrogen functional groups attached to an aromatic ring is 2. The van der Waals surface area contributed by atoms with Crippen LogP contribution in [0.2, 0.25) is 0 Å². The minimum Gasteiger partial charge on any atom is -0.494 e. The van der Waals surface area contributed by atoms with Crippen molar-refractivity contribution in [3.8, 4) is 5.75 Å². The van der Waals surface area contributed by atoms with E-state index in [0.717, 1.165) is 16.0 Å². The zero-order valence-electron chi connectivity index (χ0n) is 15.8. The number of thiophene rings is 2. The molecule has 0 saturated heterocycles. The number of carbonyl (C=O) groups is 1. The number of fused-ring (bicyclic) bond motifs is 3. The zero-order chi connectivity index (χ0) is 20.5. The number of hydrogen-bond acceptors (Lipinski definition) is 7. The molecule has 152 valence electrons. The Kier molecular flexibility index (Phi) is 5.25. The Morgan fingerprint density at radius 3 is 2.76 bits per heavy atom. The topological polar surface area (TPSA) is 102 Å². The third kappa shape index (κ3) is 3.71. The lowest BCUT2D eigenvalue weighted by Crippen LogP contribution is -2.08. The van der Waals surface area contributed by atoms with Crippen LogP contribution in [-0.2, 0) is 0 Å². The van der Waals surface area contributed by atoms with Gasteiger partial charge >= 0.3 is 0 Å². The Labute approximate surface area is 180 Å². The predicted molar refractivity (Wildman–Crippen MR) is 126 cm³/mol. The van der Waals surface area contributed by atoms with E-state index in [2.05, 4.69) is 18.2 Å². The van der Waals surface area contributed by atoms with E-state index in [4.69, 9.17) is 21.6 Å². The largest absolute Gasteiger partial charge is 0.494 e. The second-order valence-electron chi connectivity index (χ2n) is 6.96. The van der Waals surface area contributed by atoms with Gasteiger partial charge in [0.25, 0.3) is 0 Å². The molecule has 2 aliphatic rings. The molecule has 2 heterocycles. The van der Waals surface area contributed by atoms with Crippen LogP contribution in [-0.4, -0.2) is 19.1 Å². The highest BCUT2D eigenvalue weighted by atomic mass is 32.1. The fourth-order valence-corrected chi connectivity index (χ4v) is 5.16. The fourth-order valence-electron chi connectivity index (χ4n) is 3.53. The maximum absolute atomic E-state index is 9.88. The number of nitrogens with two attached hydrogens (primary N) is 2. The summed E-state index contributed by atoms with van der Waals surface area (Å²) in [7, 11) is 1.55. The van der Waals surface area contributed by atoms with Crippen LogP contribution in [0.25, 0.3) is 6.08 Å². The SMILES string of the molecule is COc1c(N)ccc(N)c1C(=N)c1cc2c(s1)C=CC1CC21.O=Cc1cccs1.[HH].[HH]. The highest BCUT2D eigenvalue weighted by molar-refractivity contribution is 7.15. The molecule has 5 rings (SSSR count). The fraction of sp³-hybridized carbons (Fsp3) is 0.182. The van der Waals surface area contributed by atoms with Crippen LogP contribution < -0.4 is 16.2 Å². The van der Waals surface area contributed by atoms with Crippen molar-refractivity contribution in [1.29, 1.82) is 5.41 Å². The summed E-state index contributed by atoms with van der Waals surface area (Å²) in [5.74, 6) is 1.84. The van der Waals surface area contributed by atoms with E-state index in [1.54, 1.807) is 36.6 Å². The third-order valence-electron chi connectivity index (χ3n) is 5.11. The van der Waals surface area contributed by atoms with E-state index in [1.165, 1.54) is 28.2 Å². The highest BCUT2D eigenvalue weighted by Gasteiger charge is 2.40. The van der Waals surface area contributed by atoms with Crippen LogP contribution in [0.15, 0.2) is 41.8 Å². The number of rotatable bonds is 4. The monoisotopic (exact) mass is 427 g/mol. The van der Waals surface area contributed by atoms with Crippen molar-refractivity contribution in [2.24, 2.45) is 5.92 Å². The van der Waals surface area contributed by atoms with E-state index in [1.807, 2.05) is 11.4 Å². The number of benzene rings is 1. The van der Waals surface area contributed by atoms with Gasteiger partial charge in [0, 0.05) is 13.4 Å². The van der Waals surface area contributed by atoms with Crippen molar-refractivity contribution in [1.82, 2.24) is 0 Å². The molecule has 2 atom stereocenters. The number of aldehydes is 1. The van der Waals surface area contributed by atoms with Crippen molar-refractivity contribution < 1.29 is 12.4 Å². The molecule has 29 heavy (non-hydrogen) atoms. The molecule has 0 aliphatic heterocycles. The van der Waals surface area contributed by atoms with E-state index >= 15 is 0 Å². The van der Waals surface area contributed by atoms with E-state index < -0.39 is 0 Å². The number of methoxy groups -OCH3 is 1. The van der Waals surface area contributed by atoms with Gasteiger partial charge in [0.1, 0.15) is 0 Å². The first-order valence-electron chi connectivity index (χ1n) is 9.15. The van der Waals surface area contributed by atoms with Gasteiger partial charge in [0.15, 0.2) is 12.0 Å². The van der Waals surface area contributed by atoms with Gasteiger partial charge in [-0.25, -0.2) is 0 Å². The number of ether oxygens (including phenoxy) is 1. The summed E-state index contributed by atoms with van der Waals surface area (Å²) in [6.45, 7) is 0. The first kappa shape index (κ1) is 19.4. The number of allylic oxidation sites excluding steroid dienone is 1. The maximum atomic E-state index is 9.88. The second-order valence-corrected chi connectivity index (χ2v) is 9.02. The molecule has 5 nitrogen and oxygen atoms in total. The smallest absolute Gasteiger partial charge is 0.159 e. The second kappa shape index (κ2) is 7.85. The van der Waals surface area contributed by atoms with Crippen LogP contribution in [0.3, 0.4) is 0 Å². The Bertz CT molecular complexity index is 1110. The normalized spacial score (nSPS) is 18.1. The number of anilines is 2. The van der Waals surface area contributed by atoms with E-state index in [9.17, 15) is 4.79 Å². The van der Waals surface area contributed by atoms with Crippen molar-refractivity contribution in [3.05, 3.63) is 67.5 Å². The Balaban J connectivity index is 0.000000327. The van der Waals surface area contributed by atoms with Crippen LogP contribution >= 0.6 is 22.7 Å². The minimum absolute atomic E-state index is 0. The average Bonchev–Trinajstić information content (AvgIpc) is 3.15. The molecule has 2 unspecified atom stereocenters. The quantitative estimate of drug-likeness (QED) is 0.290. The van der Waals surface area contributed by atoms with Gasteiger partial charge in [-0.1, -0.05) is 12.1 Å². The van der Waals surface area contributed by atoms with Gasteiger partial charge < -0.3 is 16.2 Å². The summed E-state index contributed by atoms with van der Waals surface area (Å²) >= 11 is 3.09. The first-order valence-corrected chi connectivity index (χ1v) is 10.8. The van der Waals surface area contributed by atoms with Crippen molar-refractivity contribution >= 4 is 52.1 Å². The van der Waals surface area contributed by atoms with E-state index in [-0.39, 0.29) is 2.85 Å². The van der Waals surface area contributed by atoms with Gasteiger partial charge in [-0.3, -0.25) is 10.2 Å². The van der Waals surface area contributed by atoms with Gasteiger partial charge in [-0.15, -0.1) is 22.7 Å². The molecule has 1 fully saturated rings. The van der Waals surface area contributed by atoms with Gasteiger partial charge in [-0.2, -0.15) is 0 Å². The highest BCUT2D eigenvalue weighted by Crippen LogP contribution is 2.54. The summed E-state index contributed by atoms with van der Waals surface area (Å²) in [5.41, 5.74) is 15.4. The van der Waals surface area contributed by atoms with Crippen molar-refractivity contribution in [2.45, 2.75) is 12.3 Å². The van der Waals surface area contributed by atoms with Crippen molar-refractivity contribution in [3.63, 3.8) is 0 Å². The van der Waals surface area contributed by atoms with Gasteiger partial charge in [0.05, 0.1) is 33.8 Å². The molecular formula is C22H25N3O2S2. The molecule has 5 N–H and O–H groups in total. The molecule has 1 saturated carbocycles. The summed E-state index contributed by atoms with van der Waals surface area (Å²) in [5, 5.41) is 10.5. The molecule has 2 aromatic heterocycles. The molecule has 3 aromatic rings. The molecule has 0 amide bonds. The minimum atomic E-state index is 0. The lowest BCUT2D eigenvalue weighted by molar-refractivity contribution is 0.112. The van der Waals surface area contributed by atoms with Crippen molar-refractivity contribution in [2.75, 3.05) is 18.6 Å². The Hall–Kier alpha value is -2.90. The molecule has 2 aliphatic carbocycles. The third-order valence-corrected chi connectivity index (χ3v) is 7.04. The molecule has 7 heteroatoms. The van der Waals surface area contributed by atoms with Crippen LogP contribution in [0.1, 0.15) is 45.7 Å². The number of nitrogens with one attached hydrogen (secondary N) is 1. The molecule has 0 spiro atoms. The summed E-state index contributed by atoms with van der Waals surface area (Å²) in [6.07, 6.45) is 6.55. The zero-order valence-corrected chi connectivity index (χ0v) is 17.5. The molecular weight excluding hydrogens is 402 g/mol. The molecule has 0 radical (unpaired) electrons. The number of hydrogen-bond donors (Lipinski definition) is 3.